The topological polar surface area (TPSA) is 96.0 Å². The Labute approximate surface area is 252 Å². The van der Waals surface area contributed by atoms with E-state index in [1.54, 1.807) is 14.2 Å². The van der Waals surface area contributed by atoms with Crippen molar-refractivity contribution in [2.45, 2.75) is 59.7 Å². The number of likely N-dealkylation sites (N-methyl/N-ethyl adjacent to an activating group) is 1. The maximum atomic E-state index is 12.4. The summed E-state index contributed by atoms with van der Waals surface area (Å²) in [6, 6.07) is 0. The van der Waals surface area contributed by atoms with Crippen molar-refractivity contribution in [3.05, 3.63) is 33.9 Å². The summed E-state index contributed by atoms with van der Waals surface area (Å²) in [5.74, 6) is 0.980. The van der Waals surface area contributed by atoms with E-state index in [0.29, 0.717) is 62.7 Å². The molecule has 1 saturated heterocycles. The van der Waals surface area contributed by atoms with E-state index in [1.165, 1.54) is 0 Å². The number of esters is 1. The van der Waals surface area contributed by atoms with Crippen molar-refractivity contribution in [2.75, 3.05) is 87.0 Å². The lowest BCUT2D eigenvalue weighted by Crippen LogP contribution is -2.38. The number of nitrogens with zero attached hydrogens (tertiary/aromatic N) is 2. The van der Waals surface area contributed by atoms with Crippen LogP contribution in [-0.4, -0.2) is 115 Å². The second kappa shape index (κ2) is 19.6. The van der Waals surface area contributed by atoms with E-state index in [4.69, 9.17) is 28.4 Å². The summed E-state index contributed by atoms with van der Waals surface area (Å²) in [6.45, 7) is 15.0. The zero-order chi connectivity index (χ0) is 30.9. The first-order valence-electron chi connectivity index (χ1n) is 15.0. The van der Waals surface area contributed by atoms with Crippen LogP contribution in [0, 0.1) is 6.92 Å². The molecule has 1 aliphatic rings. The van der Waals surface area contributed by atoms with E-state index >= 15 is 0 Å². The molecule has 0 amide bonds. The first-order valence-corrected chi connectivity index (χ1v) is 15.0. The summed E-state index contributed by atoms with van der Waals surface area (Å²) >= 11 is 0. The average molecular weight is 593 g/mol. The first kappa shape index (κ1) is 35.7. The van der Waals surface area contributed by atoms with E-state index in [2.05, 4.69) is 15.9 Å². The highest BCUT2D eigenvalue weighted by atomic mass is 16.5. The Morgan fingerprint density at radius 1 is 1.12 bits per heavy atom. The predicted octanol–water partition coefficient (Wildman–Crippen LogP) is 3.84. The van der Waals surface area contributed by atoms with Gasteiger partial charge in [0.25, 0.3) is 0 Å². The predicted molar refractivity (Wildman–Crippen MR) is 163 cm³/mol. The summed E-state index contributed by atoms with van der Waals surface area (Å²) < 4.78 is 34.0. The lowest BCUT2D eigenvalue weighted by Gasteiger charge is -2.26. The molecule has 0 aliphatic carbocycles. The fourth-order valence-corrected chi connectivity index (χ4v) is 5.08. The van der Waals surface area contributed by atoms with Crippen molar-refractivity contribution in [3.8, 4) is 11.5 Å². The van der Waals surface area contributed by atoms with Crippen LogP contribution in [0.5, 0.6) is 11.5 Å². The minimum Gasteiger partial charge on any atom is -0.496 e. The Balaban J connectivity index is 2.11. The van der Waals surface area contributed by atoms with Crippen LogP contribution < -0.4 is 9.47 Å². The molecule has 2 rings (SSSR count). The third kappa shape index (κ3) is 11.6. The van der Waals surface area contributed by atoms with E-state index in [9.17, 15) is 9.59 Å². The number of rotatable bonds is 20. The minimum absolute atomic E-state index is 0.115. The fraction of sp³-hybridized carbons (Fsp3) is 0.688. The molecule has 238 valence electrons. The Morgan fingerprint density at radius 3 is 2.50 bits per heavy atom. The van der Waals surface area contributed by atoms with Crippen LogP contribution >= 0.6 is 0 Å². The SMILES string of the molecule is CCOC(C)CN(C)CCOc1c(C=O)c(COC)c(C)c(OC)c1C/C=C(\C)CCC(=O)OCCN1CCOCC1. The molecule has 0 spiro atoms. The Kier molecular flexibility index (Phi) is 16.7. The summed E-state index contributed by atoms with van der Waals surface area (Å²) in [5, 5.41) is 0. The van der Waals surface area contributed by atoms with Crippen LogP contribution in [0.2, 0.25) is 0 Å². The van der Waals surface area contributed by atoms with Gasteiger partial charge in [0.05, 0.1) is 38.6 Å². The highest BCUT2D eigenvalue weighted by Gasteiger charge is 2.23. The van der Waals surface area contributed by atoms with E-state index in [-0.39, 0.29) is 18.7 Å². The monoisotopic (exact) mass is 592 g/mol. The van der Waals surface area contributed by atoms with Crippen LogP contribution in [0.4, 0.5) is 0 Å². The molecule has 0 aromatic heterocycles. The normalized spacial score (nSPS) is 15.1. The van der Waals surface area contributed by atoms with Crippen molar-refractivity contribution in [1.82, 2.24) is 9.80 Å². The van der Waals surface area contributed by atoms with Crippen LogP contribution in [-0.2, 0) is 36.8 Å². The van der Waals surface area contributed by atoms with Gasteiger partial charge in [-0.25, -0.2) is 0 Å². The van der Waals surface area contributed by atoms with Gasteiger partial charge in [0.1, 0.15) is 24.7 Å². The Hall–Kier alpha value is -2.50. The van der Waals surface area contributed by atoms with Crippen molar-refractivity contribution in [2.24, 2.45) is 0 Å². The van der Waals surface area contributed by atoms with E-state index in [0.717, 1.165) is 67.9 Å². The number of carbonyl (C=O) groups excluding carboxylic acids is 2. The van der Waals surface area contributed by atoms with Gasteiger partial charge in [-0.2, -0.15) is 0 Å². The number of hydrogen-bond donors (Lipinski definition) is 0. The van der Waals surface area contributed by atoms with Gasteiger partial charge in [-0.05, 0) is 58.7 Å². The lowest BCUT2D eigenvalue weighted by molar-refractivity contribution is -0.144. The third-order valence-electron chi connectivity index (χ3n) is 7.41. The van der Waals surface area contributed by atoms with Crippen molar-refractivity contribution in [3.63, 3.8) is 0 Å². The van der Waals surface area contributed by atoms with Crippen LogP contribution in [0.25, 0.3) is 0 Å². The maximum absolute atomic E-state index is 12.4. The molecule has 42 heavy (non-hydrogen) atoms. The number of methoxy groups -OCH3 is 2. The molecule has 0 bridgehead atoms. The molecule has 0 saturated carbocycles. The van der Waals surface area contributed by atoms with Gasteiger partial charge < -0.3 is 33.3 Å². The number of allylic oxidation sites excluding steroid dienone is 2. The molecule has 1 atom stereocenters. The Morgan fingerprint density at radius 2 is 1.86 bits per heavy atom. The van der Waals surface area contributed by atoms with Gasteiger partial charge >= 0.3 is 5.97 Å². The zero-order valence-electron chi connectivity index (χ0n) is 26.8. The molecule has 1 aromatic carbocycles. The summed E-state index contributed by atoms with van der Waals surface area (Å²) in [7, 11) is 5.24. The number of benzene rings is 1. The smallest absolute Gasteiger partial charge is 0.306 e. The largest absolute Gasteiger partial charge is 0.496 e. The highest BCUT2D eigenvalue weighted by molar-refractivity contribution is 5.85. The standard InChI is InChI=1S/C32H52N2O8/c1-8-40-25(3)21-33(5)13-19-42-32-27(31(38-7)26(4)29(23-37-6)28(32)22-35)11-9-24(2)10-12-30(36)41-20-16-34-14-17-39-18-15-34/h9,22,25H,8,10-21,23H2,1-7H3/b24-9+. The summed E-state index contributed by atoms with van der Waals surface area (Å²) in [6.07, 6.45) is 4.39. The van der Waals surface area contributed by atoms with Crippen molar-refractivity contribution >= 4 is 12.3 Å². The van der Waals surface area contributed by atoms with Crippen molar-refractivity contribution < 1.29 is 38.0 Å². The second-order valence-corrected chi connectivity index (χ2v) is 10.7. The molecule has 10 nitrogen and oxygen atoms in total. The van der Waals surface area contributed by atoms with Gasteiger partial charge in [-0.15, -0.1) is 0 Å². The maximum Gasteiger partial charge on any atom is 0.306 e. The fourth-order valence-electron chi connectivity index (χ4n) is 5.08. The zero-order valence-corrected chi connectivity index (χ0v) is 26.8. The van der Waals surface area contributed by atoms with Crippen LogP contribution in [0.1, 0.15) is 60.7 Å². The molecule has 10 heteroatoms. The molecule has 0 radical (unpaired) electrons. The molecular weight excluding hydrogens is 540 g/mol. The second-order valence-electron chi connectivity index (χ2n) is 10.7. The lowest BCUT2D eigenvalue weighted by atomic mass is 9.94. The van der Waals surface area contributed by atoms with Gasteiger partial charge in [0, 0.05) is 58.4 Å². The van der Waals surface area contributed by atoms with Crippen LogP contribution in [0.15, 0.2) is 11.6 Å². The molecule has 1 heterocycles. The third-order valence-corrected chi connectivity index (χ3v) is 7.41. The Bertz CT molecular complexity index is 1010. The summed E-state index contributed by atoms with van der Waals surface area (Å²) in [4.78, 5) is 29.1. The number of aldehydes is 1. The van der Waals surface area contributed by atoms with E-state index in [1.807, 2.05) is 34.7 Å². The molecule has 0 N–H and O–H groups in total. The molecule has 1 unspecified atom stereocenters. The van der Waals surface area contributed by atoms with Crippen LogP contribution in [0.3, 0.4) is 0 Å². The molecular formula is C32H52N2O8. The number of morpholine rings is 1. The van der Waals surface area contributed by atoms with Gasteiger partial charge in [0.2, 0.25) is 0 Å². The highest BCUT2D eigenvalue weighted by Crippen LogP contribution is 2.39. The molecule has 1 aromatic rings. The first-order chi connectivity index (χ1) is 20.2. The van der Waals surface area contributed by atoms with E-state index < -0.39 is 0 Å². The summed E-state index contributed by atoms with van der Waals surface area (Å²) in [5.41, 5.74) is 3.92. The van der Waals surface area contributed by atoms with Gasteiger partial charge in [0.15, 0.2) is 6.29 Å². The number of hydrogen-bond acceptors (Lipinski definition) is 10. The quantitative estimate of drug-likeness (QED) is 0.126. The molecule has 1 aliphatic heterocycles. The number of ether oxygens (including phenoxy) is 6. The van der Waals surface area contributed by atoms with Gasteiger partial charge in [-0.3, -0.25) is 14.5 Å². The average Bonchev–Trinajstić information content (AvgIpc) is 2.97. The number of carbonyl (C=O) groups is 2. The minimum atomic E-state index is -0.205. The van der Waals surface area contributed by atoms with Gasteiger partial charge in [-0.1, -0.05) is 11.6 Å². The molecule has 1 fully saturated rings. The van der Waals surface area contributed by atoms with Crippen molar-refractivity contribution in [1.29, 1.82) is 0 Å².